The van der Waals surface area contributed by atoms with Crippen LogP contribution in [0, 0.1) is 0 Å². The van der Waals surface area contributed by atoms with Gasteiger partial charge in [0.05, 0.1) is 0 Å². The van der Waals surface area contributed by atoms with Crippen molar-refractivity contribution in [1.29, 1.82) is 0 Å². The number of fused-ring (bicyclic) bond motifs is 6. The fourth-order valence-electron chi connectivity index (χ4n) is 5.87. The van der Waals surface area contributed by atoms with E-state index in [9.17, 15) is 0 Å². The average Bonchev–Trinajstić information content (AvgIpc) is 3.38. The normalized spacial score (nSPS) is 13.8. The minimum Gasteiger partial charge on any atom is -0.135 e. The summed E-state index contributed by atoms with van der Waals surface area (Å²) in [7, 11) is 0. The highest BCUT2D eigenvalue weighted by atomic mass is 32.1. The van der Waals surface area contributed by atoms with Gasteiger partial charge in [-0.15, -0.1) is 11.3 Å². The minimum atomic E-state index is 0.0503. The molecule has 6 aromatic rings. The van der Waals surface area contributed by atoms with Crippen molar-refractivity contribution >= 4 is 31.5 Å². The molecule has 0 nitrogen and oxygen atoms in total. The van der Waals surface area contributed by atoms with Crippen LogP contribution in [0.1, 0.15) is 36.1 Å². The SMILES string of the molecule is CC1(C)c2ccccc2-c2ccc(Cc3ccc(-c4cccc5c4sc4ccccc45)cc3)cc21. The van der Waals surface area contributed by atoms with Crippen LogP contribution in [0.2, 0.25) is 0 Å². The third kappa shape index (κ3) is 3.19. The first-order chi connectivity index (χ1) is 17.1. The fraction of sp³-hybridized carbons (Fsp3) is 0.118. The van der Waals surface area contributed by atoms with Crippen molar-refractivity contribution < 1.29 is 0 Å². The van der Waals surface area contributed by atoms with Crippen molar-refractivity contribution in [2.45, 2.75) is 25.7 Å². The molecular weight excluding hydrogens is 440 g/mol. The van der Waals surface area contributed by atoms with E-state index in [-0.39, 0.29) is 5.41 Å². The zero-order chi connectivity index (χ0) is 23.6. The van der Waals surface area contributed by atoms with E-state index in [1.165, 1.54) is 64.7 Å². The number of hydrogen-bond acceptors (Lipinski definition) is 1. The Balaban J connectivity index is 1.21. The van der Waals surface area contributed by atoms with Crippen LogP contribution >= 0.6 is 11.3 Å². The molecule has 0 atom stereocenters. The van der Waals surface area contributed by atoms with Gasteiger partial charge in [0.2, 0.25) is 0 Å². The molecular formula is C34H26S. The zero-order valence-electron chi connectivity index (χ0n) is 20.0. The second-order valence-electron chi connectivity index (χ2n) is 10.2. The molecule has 35 heavy (non-hydrogen) atoms. The predicted molar refractivity (Wildman–Crippen MR) is 152 cm³/mol. The molecule has 0 aliphatic heterocycles. The first-order valence-electron chi connectivity index (χ1n) is 12.3. The maximum absolute atomic E-state index is 2.43. The summed E-state index contributed by atoms with van der Waals surface area (Å²) in [6.45, 7) is 4.70. The van der Waals surface area contributed by atoms with Crippen molar-refractivity contribution in [3.8, 4) is 22.3 Å². The minimum absolute atomic E-state index is 0.0503. The Kier molecular flexibility index (Phi) is 4.53. The van der Waals surface area contributed by atoms with Gasteiger partial charge in [-0.05, 0) is 57.0 Å². The van der Waals surface area contributed by atoms with Gasteiger partial charge in [-0.2, -0.15) is 0 Å². The summed E-state index contributed by atoms with van der Waals surface area (Å²) in [6, 6.07) is 40.5. The maximum Gasteiger partial charge on any atom is 0.0433 e. The Morgan fingerprint density at radius 2 is 1.26 bits per heavy atom. The summed E-state index contributed by atoms with van der Waals surface area (Å²) in [5.74, 6) is 0. The molecule has 0 saturated heterocycles. The predicted octanol–water partition coefficient (Wildman–Crippen LogP) is 9.62. The Bertz CT molecular complexity index is 1730. The highest BCUT2D eigenvalue weighted by molar-refractivity contribution is 7.26. The second kappa shape index (κ2) is 7.66. The Morgan fingerprint density at radius 1 is 0.571 bits per heavy atom. The summed E-state index contributed by atoms with van der Waals surface area (Å²) in [5, 5.41) is 2.71. The molecule has 0 spiro atoms. The molecule has 0 amide bonds. The van der Waals surface area contributed by atoms with Crippen molar-refractivity contribution in [3.05, 3.63) is 131 Å². The van der Waals surface area contributed by atoms with Gasteiger partial charge in [-0.1, -0.05) is 117 Å². The summed E-state index contributed by atoms with van der Waals surface area (Å²) in [4.78, 5) is 0. The van der Waals surface area contributed by atoms with E-state index >= 15 is 0 Å². The third-order valence-electron chi connectivity index (χ3n) is 7.73. The van der Waals surface area contributed by atoms with E-state index in [0.29, 0.717) is 0 Å². The van der Waals surface area contributed by atoms with Crippen LogP contribution < -0.4 is 0 Å². The van der Waals surface area contributed by atoms with E-state index in [2.05, 4.69) is 123 Å². The van der Waals surface area contributed by atoms with Crippen LogP contribution in [-0.4, -0.2) is 0 Å². The monoisotopic (exact) mass is 466 g/mol. The zero-order valence-corrected chi connectivity index (χ0v) is 20.8. The highest BCUT2D eigenvalue weighted by Gasteiger charge is 2.35. The summed E-state index contributed by atoms with van der Waals surface area (Å²) in [6.07, 6.45) is 0.951. The average molecular weight is 467 g/mol. The van der Waals surface area contributed by atoms with Gasteiger partial charge in [-0.3, -0.25) is 0 Å². The van der Waals surface area contributed by atoms with Gasteiger partial charge in [0.1, 0.15) is 0 Å². The van der Waals surface area contributed by atoms with Crippen molar-refractivity contribution in [3.63, 3.8) is 0 Å². The molecule has 7 rings (SSSR count). The standard InChI is InChI=1S/C34H26S/c1-34(2)30-12-5-3-8-26(30)27-19-16-23(21-31(27)34)20-22-14-17-24(18-15-22)25-10-7-11-29-28-9-4-6-13-32(28)35-33(25)29/h3-19,21H,20H2,1-2H3. The maximum atomic E-state index is 2.43. The van der Waals surface area contributed by atoms with Gasteiger partial charge in [0, 0.05) is 25.6 Å². The first kappa shape index (κ1) is 20.7. The number of thiophene rings is 1. The number of hydrogen-bond donors (Lipinski definition) is 0. The second-order valence-corrected chi connectivity index (χ2v) is 11.3. The lowest BCUT2D eigenvalue weighted by atomic mass is 9.81. The van der Waals surface area contributed by atoms with E-state index < -0.39 is 0 Å². The molecule has 1 heterocycles. The molecule has 0 bridgehead atoms. The van der Waals surface area contributed by atoms with E-state index in [1.54, 1.807) is 0 Å². The lowest BCUT2D eigenvalue weighted by Crippen LogP contribution is -2.15. The van der Waals surface area contributed by atoms with E-state index in [0.717, 1.165) is 6.42 Å². The summed E-state index contributed by atoms with van der Waals surface area (Å²) in [5.41, 5.74) is 11.1. The van der Waals surface area contributed by atoms with Gasteiger partial charge in [0.25, 0.3) is 0 Å². The molecule has 1 aliphatic rings. The Hall–Kier alpha value is -3.68. The molecule has 5 aromatic carbocycles. The number of rotatable bonds is 3. The summed E-state index contributed by atoms with van der Waals surface area (Å²) >= 11 is 1.90. The van der Waals surface area contributed by atoms with Crippen molar-refractivity contribution in [2.24, 2.45) is 0 Å². The molecule has 0 N–H and O–H groups in total. The number of benzene rings is 5. The van der Waals surface area contributed by atoms with E-state index in [1.807, 2.05) is 11.3 Å². The van der Waals surface area contributed by atoms with Crippen molar-refractivity contribution in [1.82, 2.24) is 0 Å². The molecule has 0 unspecified atom stereocenters. The molecule has 0 radical (unpaired) electrons. The van der Waals surface area contributed by atoms with E-state index in [4.69, 9.17) is 0 Å². The molecule has 0 saturated carbocycles. The summed E-state index contributed by atoms with van der Waals surface area (Å²) < 4.78 is 2.73. The van der Waals surface area contributed by atoms with Gasteiger partial charge in [0.15, 0.2) is 0 Å². The molecule has 1 aromatic heterocycles. The largest absolute Gasteiger partial charge is 0.135 e. The Morgan fingerprint density at radius 3 is 2.14 bits per heavy atom. The lowest BCUT2D eigenvalue weighted by molar-refractivity contribution is 0.659. The molecule has 1 aliphatic carbocycles. The first-order valence-corrected chi connectivity index (χ1v) is 13.1. The fourth-order valence-corrected chi connectivity index (χ4v) is 7.11. The third-order valence-corrected chi connectivity index (χ3v) is 8.95. The highest BCUT2D eigenvalue weighted by Crippen LogP contribution is 2.48. The van der Waals surface area contributed by atoms with Crippen LogP contribution in [0.5, 0.6) is 0 Å². The molecule has 168 valence electrons. The van der Waals surface area contributed by atoms with Crippen LogP contribution in [0.3, 0.4) is 0 Å². The molecule has 0 fully saturated rings. The van der Waals surface area contributed by atoms with Crippen LogP contribution in [0.25, 0.3) is 42.4 Å². The molecule has 1 heteroatoms. The van der Waals surface area contributed by atoms with Gasteiger partial charge < -0.3 is 0 Å². The van der Waals surface area contributed by atoms with Crippen LogP contribution in [0.4, 0.5) is 0 Å². The van der Waals surface area contributed by atoms with Crippen LogP contribution in [0.15, 0.2) is 109 Å². The topological polar surface area (TPSA) is 0 Å². The van der Waals surface area contributed by atoms with Gasteiger partial charge >= 0.3 is 0 Å². The Labute approximate surface area is 210 Å². The van der Waals surface area contributed by atoms with Gasteiger partial charge in [-0.25, -0.2) is 0 Å². The van der Waals surface area contributed by atoms with Crippen molar-refractivity contribution in [2.75, 3.05) is 0 Å². The lowest BCUT2D eigenvalue weighted by Gasteiger charge is -2.22. The van der Waals surface area contributed by atoms with Crippen LogP contribution in [-0.2, 0) is 11.8 Å². The quantitative estimate of drug-likeness (QED) is 0.243. The smallest absolute Gasteiger partial charge is 0.0433 e.